The maximum absolute atomic E-state index is 13.8. The van der Waals surface area contributed by atoms with Crippen molar-refractivity contribution < 1.29 is 9.18 Å². The Kier molecular flexibility index (Phi) is 3.93. The van der Waals surface area contributed by atoms with Crippen LogP contribution in [-0.4, -0.2) is 12.3 Å². The molecule has 1 aliphatic heterocycles. The van der Waals surface area contributed by atoms with Crippen LogP contribution in [0.25, 0.3) is 0 Å². The third kappa shape index (κ3) is 2.93. The summed E-state index contributed by atoms with van der Waals surface area (Å²) in [7, 11) is 0. The Morgan fingerprint density at radius 1 is 1.24 bits per heavy atom. The largest absolute Gasteiger partial charge is 0.384 e. The van der Waals surface area contributed by atoms with Crippen molar-refractivity contribution in [3.63, 3.8) is 0 Å². The lowest BCUT2D eigenvalue weighted by Gasteiger charge is -2.10. The average Bonchev–Trinajstić information content (AvgIpc) is 2.87. The number of hydrogen-bond acceptors (Lipinski definition) is 2. The van der Waals surface area contributed by atoms with Gasteiger partial charge >= 0.3 is 0 Å². The maximum Gasteiger partial charge on any atom is 0.145 e. The van der Waals surface area contributed by atoms with Gasteiger partial charge in [0.25, 0.3) is 0 Å². The molecule has 0 radical (unpaired) electrons. The summed E-state index contributed by atoms with van der Waals surface area (Å²) in [6, 6.07) is 12.8. The molecule has 0 aliphatic carbocycles. The summed E-state index contributed by atoms with van der Waals surface area (Å²) in [5.74, 6) is -0.298. The zero-order valence-corrected chi connectivity index (χ0v) is 12.2. The second-order valence-electron chi connectivity index (χ2n) is 5.30. The lowest BCUT2D eigenvalue weighted by atomic mass is 9.93. The fourth-order valence-corrected chi connectivity index (χ4v) is 2.98. The summed E-state index contributed by atoms with van der Waals surface area (Å²) in [6.45, 7) is 0.753. The number of carbonyl (C=O) groups is 1. The van der Waals surface area contributed by atoms with Crippen molar-refractivity contribution in [2.45, 2.75) is 18.8 Å². The second kappa shape index (κ2) is 5.86. The molecule has 0 amide bonds. The van der Waals surface area contributed by atoms with Crippen molar-refractivity contribution in [2.24, 2.45) is 0 Å². The highest BCUT2D eigenvalue weighted by molar-refractivity contribution is 6.30. The summed E-state index contributed by atoms with van der Waals surface area (Å²) in [5, 5.41) is 3.36. The minimum absolute atomic E-state index is 0.0275. The standard InChI is InChI=1S/C17H15ClFNO/c18-15-6-3-4-11(17(15)19)8-13(21)9-12-10-20-16-7-2-1-5-14(12)16/h1-7,12,20H,8-10H2. The molecule has 1 heterocycles. The van der Waals surface area contributed by atoms with Crippen LogP contribution in [0.2, 0.25) is 5.02 Å². The topological polar surface area (TPSA) is 29.1 Å². The number of halogens is 2. The molecule has 2 aromatic rings. The number of rotatable bonds is 4. The van der Waals surface area contributed by atoms with Gasteiger partial charge in [-0.1, -0.05) is 41.9 Å². The predicted octanol–water partition coefficient (Wildman–Crippen LogP) is 4.19. The SMILES string of the molecule is O=C(Cc1cccc(Cl)c1F)CC1CNc2ccccc21. The molecule has 1 N–H and O–H groups in total. The number of Topliss-reactive ketones (excluding diaryl/α,β-unsaturated/α-hetero) is 1. The number of ketones is 1. The van der Waals surface area contributed by atoms with Crippen LogP contribution < -0.4 is 5.32 Å². The Morgan fingerprint density at radius 2 is 2.05 bits per heavy atom. The minimum atomic E-state index is -0.488. The van der Waals surface area contributed by atoms with E-state index >= 15 is 0 Å². The number of carbonyl (C=O) groups excluding carboxylic acids is 1. The summed E-state index contributed by atoms with van der Waals surface area (Å²) in [4.78, 5) is 12.2. The summed E-state index contributed by atoms with van der Waals surface area (Å²) in [6.07, 6.45) is 0.501. The molecule has 0 saturated carbocycles. The Hall–Kier alpha value is -1.87. The van der Waals surface area contributed by atoms with Crippen LogP contribution >= 0.6 is 11.6 Å². The molecule has 108 valence electrons. The Morgan fingerprint density at radius 3 is 2.90 bits per heavy atom. The molecule has 3 rings (SSSR count). The lowest BCUT2D eigenvalue weighted by molar-refractivity contribution is -0.118. The quantitative estimate of drug-likeness (QED) is 0.917. The number of benzene rings is 2. The smallest absolute Gasteiger partial charge is 0.145 e. The van der Waals surface area contributed by atoms with E-state index in [0.717, 1.165) is 17.8 Å². The molecule has 2 aromatic carbocycles. The number of anilines is 1. The van der Waals surface area contributed by atoms with E-state index in [2.05, 4.69) is 5.32 Å². The molecule has 2 nitrogen and oxygen atoms in total. The van der Waals surface area contributed by atoms with E-state index < -0.39 is 5.82 Å². The van der Waals surface area contributed by atoms with E-state index in [1.807, 2.05) is 24.3 Å². The first-order valence-corrected chi connectivity index (χ1v) is 7.30. The van der Waals surface area contributed by atoms with Crippen molar-refractivity contribution in [3.05, 3.63) is 64.4 Å². The fraction of sp³-hybridized carbons (Fsp3) is 0.235. The van der Waals surface area contributed by atoms with Gasteiger partial charge in [0.2, 0.25) is 0 Å². The first kappa shape index (κ1) is 14.1. The second-order valence-corrected chi connectivity index (χ2v) is 5.70. The van der Waals surface area contributed by atoms with Crippen molar-refractivity contribution in [1.82, 2.24) is 0 Å². The first-order chi connectivity index (χ1) is 10.1. The molecule has 21 heavy (non-hydrogen) atoms. The number of nitrogens with one attached hydrogen (secondary N) is 1. The van der Waals surface area contributed by atoms with Crippen LogP contribution in [0.15, 0.2) is 42.5 Å². The van der Waals surface area contributed by atoms with Gasteiger partial charge in [0, 0.05) is 31.0 Å². The molecule has 4 heteroatoms. The number of hydrogen-bond donors (Lipinski definition) is 1. The highest BCUT2D eigenvalue weighted by atomic mass is 35.5. The van der Waals surface area contributed by atoms with Crippen molar-refractivity contribution in [1.29, 1.82) is 0 Å². The summed E-state index contributed by atoms with van der Waals surface area (Å²) in [5.41, 5.74) is 2.62. The van der Waals surface area contributed by atoms with Crippen molar-refractivity contribution in [3.8, 4) is 0 Å². The van der Waals surface area contributed by atoms with E-state index in [-0.39, 0.29) is 23.1 Å². The van der Waals surface area contributed by atoms with Gasteiger partial charge in [-0.15, -0.1) is 0 Å². The zero-order chi connectivity index (χ0) is 14.8. The monoisotopic (exact) mass is 303 g/mol. The van der Waals surface area contributed by atoms with Crippen LogP contribution in [0.4, 0.5) is 10.1 Å². The zero-order valence-electron chi connectivity index (χ0n) is 11.4. The van der Waals surface area contributed by atoms with Gasteiger partial charge in [0.1, 0.15) is 11.6 Å². The molecule has 0 fully saturated rings. The van der Waals surface area contributed by atoms with E-state index in [9.17, 15) is 9.18 Å². The van der Waals surface area contributed by atoms with Crippen molar-refractivity contribution >= 4 is 23.1 Å². The maximum atomic E-state index is 13.8. The third-order valence-corrected chi connectivity index (χ3v) is 4.12. The highest BCUT2D eigenvalue weighted by Gasteiger charge is 2.24. The van der Waals surface area contributed by atoms with Crippen LogP contribution in [0.5, 0.6) is 0 Å². The molecule has 0 aromatic heterocycles. The van der Waals surface area contributed by atoms with Crippen molar-refractivity contribution in [2.75, 3.05) is 11.9 Å². The molecular weight excluding hydrogens is 289 g/mol. The van der Waals surface area contributed by atoms with Gasteiger partial charge in [-0.3, -0.25) is 4.79 Å². The minimum Gasteiger partial charge on any atom is -0.384 e. The summed E-state index contributed by atoms with van der Waals surface area (Å²) < 4.78 is 13.8. The Bertz CT molecular complexity index is 686. The highest BCUT2D eigenvalue weighted by Crippen LogP contribution is 2.33. The van der Waals surface area contributed by atoms with Gasteiger partial charge in [-0.25, -0.2) is 4.39 Å². The molecule has 1 atom stereocenters. The van der Waals surface area contributed by atoms with Crippen LogP contribution in [0, 0.1) is 5.82 Å². The van der Waals surface area contributed by atoms with E-state index in [4.69, 9.17) is 11.6 Å². The Balaban J connectivity index is 1.69. The molecule has 1 aliphatic rings. The predicted molar refractivity (Wildman–Crippen MR) is 82.4 cm³/mol. The van der Waals surface area contributed by atoms with Crippen LogP contribution in [0.3, 0.4) is 0 Å². The Labute approximate surface area is 127 Å². The average molecular weight is 304 g/mol. The van der Waals surface area contributed by atoms with Gasteiger partial charge in [-0.05, 0) is 23.3 Å². The van der Waals surface area contributed by atoms with Crippen LogP contribution in [0.1, 0.15) is 23.5 Å². The van der Waals surface area contributed by atoms with Crippen LogP contribution in [-0.2, 0) is 11.2 Å². The number of para-hydroxylation sites is 1. The van der Waals surface area contributed by atoms with E-state index in [1.54, 1.807) is 12.1 Å². The fourth-order valence-electron chi connectivity index (χ4n) is 2.78. The molecule has 0 spiro atoms. The van der Waals surface area contributed by atoms with E-state index in [0.29, 0.717) is 12.0 Å². The lowest BCUT2D eigenvalue weighted by Crippen LogP contribution is -2.12. The molecular formula is C17H15ClFNO. The third-order valence-electron chi connectivity index (χ3n) is 3.83. The summed E-state index contributed by atoms with van der Waals surface area (Å²) >= 11 is 5.74. The van der Waals surface area contributed by atoms with Gasteiger partial charge in [0.15, 0.2) is 0 Å². The normalized spacial score (nSPS) is 16.4. The molecule has 0 saturated heterocycles. The molecule has 0 bridgehead atoms. The van der Waals surface area contributed by atoms with Gasteiger partial charge in [0.05, 0.1) is 5.02 Å². The molecule has 1 unspecified atom stereocenters. The van der Waals surface area contributed by atoms with Gasteiger partial charge in [-0.2, -0.15) is 0 Å². The van der Waals surface area contributed by atoms with E-state index in [1.165, 1.54) is 6.07 Å². The number of fused-ring (bicyclic) bond motifs is 1. The first-order valence-electron chi connectivity index (χ1n) is 6.92. The van der Waals surface area contributed by atoms with Gasteiger partial charge < -0.3 is 5.32 Å².